The van der Waals surface area contributed by atoms with Crippen LogP contribution in [0.3, 0.4) is 0 Å². The smallest absolute Gasteiger partial charge is 0.229 e. The Hall–Kier alpha value is -4.50. The maximum atomic E-state index is 12.2. The van der Waals surface area contributed by atoms with E-state index in [1.807, 2.05) is 30.1 Å². The lowest BCUT2D eigenvalue weighted by Crippen LogP contribution is -2.20. The summed E-state index contributed by atoms with van der Waals surface area (Å²) in [5.74, 6) is 1.32. The molecule has 1 aliphatic rings. The minimum Gasteiger partial charge on any atom is -0.494 e. The van der Waals surface area contributed by atoms with Crippen LogP contribution in [0.2, 0.25) is 0 Å². The van der Waals surface area contributed by atoms with Gasteiger partial charge in [-0.1, -0.05) is 0 Å². The molecule has 0 radical (unpaired) electrons. The number of nitrogens with one attached hydrogen (secondary N) is 3. The van der Waals surface area contributed by atoms with Crippen molar-refractivity contribution < 1.29 is 13.2 Å². The van der Waals surface area contributed by atoms with Crippen LogP contribution in [0.15, 0.2) is 53.5 Å². The van der Waals surface area contributed by atoms with Gasteiger partial charge in [-0.2, -0.15) is 10.1 Å². The molecule has 3 N–H and O–H groups in total. The molecule has 15 heteroatoms. The van der Waals surface area contributed by atoms with E-state index in [0.29, 0.717) is 44.4 Å². The molecule has 42 heavy (non-hydrogen) atoms. The van der Waals surface area contributed by atoms with Gasteiger partial charge >= 0.3 is 0 Å². The molecule has 0 bridgehead atoms. The first-order valence-electron chi connectivity index (χ1n) is 12.8. The van der Waals surface area contributed by atoms with Crippen molar-refractivity contribution in [2.24, 2.45) is 7.05 Å². The highest BCUT2D eigenvalue weighted by Crippen LogP contribution is 2.43. The minimum absolute atomic E-state index is 0.256. The van der Waals surface area contributed by atoms with Crippen molar-refractivity contribution in [2.45, 2.75) is 6.42 Å². The average molecular weight is 652 g/mol. The minimum atomic E-state index is -3.62. The maximum absolute atomic E-state index is 12.2. The van der Waals surface area contributed by atoms with Crippen LogP contribution in [0.25, 0.3) is 22.2 Å². The number of methoxy groups -OCH3 is 1. The maximum Gasteiger partial charge on any atom is 0.229 e. The standard InChI is InChI=1S/C27H27BrN10O3S/c1-37-10-7-21-16(13-32-38(21)2)15-11-20(23(41-3)12-22(15)37)34-27-31-14-17(28)26(35-27)33-19-6-5-18-24(30-9-8-29-18)25(19)36-42(4,39)40/h5-6,8-9,11-14,36H,7,10H2,1-4H3,(H2,31,33,34,35). The molecule has 0 aliphatic carbocycles. The summed E-state index contributed by atoms with van der Waals surface area (Å²) < 4.78 is 35.2. The van der Waals surface area contributed by atoms with E-state index in [-0.39, 0.29) is 5.69 Å². The number of sulfonamides is 1. The Morgan fingerprint density at radius 3 is 2.60 bits per heavy atom. The van der Waals surface area contributed by atoms with Crippen LogP contribution in [0.5, 0.6) is 5.75 Å². The largest absolute Gasteiger partial charge is 0.494 e. The number of likely N-dealkylation sites (N-methyl/N-ethyl adjacent to an activating group) is 1. The molecule has 0 atom stereocenters. The molecule has 4 heterocycles. The van der Waals surface area contributed by atoms with Gasteiger partial charge in [0.1, 0.15) is 17.1 Å². The fourth-order valence-corrected chi connectivity index (χ4v) is 5.81. The van der Waals surface area contributed by atoms with E-state index in [2.05, 4.69) is 68.3 Å². The fraction of sp³-hybridized carbons (Fsp3) is 0.222. The predicted molar refractivity (Wildman–Crippen MR) is 166 cm³/mol. The zero-order valence-electron chi connectivity index (χ0n) is 23.2. The number of aromatic nitrogens is 6. The number of aryl methyl sites for hydroxylation is 1. The second-order valence-electron chi connectivity index (χ2n) is 9.80. The molecule has 0 saturated heterocycles. The molecule has 5 aromatic rings. The number of ether oxygens (including phenoxy) is 1. The van der Waals surface area contributed by atoms with Crippen molar-refractivity contribution >= 4 is 71.5 Å². The average Bonchev–Trinajstić information content (AvgIpc) is 3.26. The van der Waals surface area contributed by atoms with Gasteiger partial charge in [-0.05, 0) is 34.1 Å². The summed E-state index contributed by atoms with van der Waals surface area (Å²) in [6.45, 7) is 0.844. The van der Waals surface area contributed by atoms with Crippen LogP contribution in [-0.4, -0.2) is 65.1 Å². The monoisotopic (exact) mass is 650 g/mol. The lowest BCUT2D eigenvalue weighted by atomic mass is 10.0. The highest BCUT2D eigenvalue weighted by Gasteiger charge is 2.24. The van der Waals surface area contributed by atoms with Crippen molar-refractivity contribution in [3.05, 3.63) is 59.2 Å². The van der Waals surface area contributed by atoms with Gasteiger partial charge < -0.3 is 20.3 Å². The third-order valence-electron chi connectivity index (χ3n) is 6.94. The summed E-state index contributed by atoms with van der Waals surface area (Å²) in [6.07, 6.45) is 8.48. The first-order chi connectivity index (χ1) is 20.1. The van der Waals surface area contributed by atoms with Crippen LogP contribution in [0.4, 0.5) is 34.5 Å². The summed E-state index contributed by atoms with van der Waals surface area (Å²) in [5.41, 5.74) is 6.57. The Morgan fingerprint density at radius 2 is 1.81 bits per heavy atom. The van der Waals surface area contributed by atoms with Gasteiger partial charge in [-0.25, -0.2) is 13.4 Å². The van der Waals surface area contributed by atoms with Gasteiger partial charge in [-0.3, -0.25) is 19.4 Å². The van der Waals surface area contributed by atoms with Crippen molar-refractivity contribution in [3.63, 3.8) is 0 Å². The van der Waals surface area contributed by atoms with Gasteiger partial charge in [0.15, 0.2) is 0 Å². The van der Waals surface area contributed by atoms with Crippen molar-refractivity contribution in [1.29, 1.82) is 0 Å². The number of halogens is 1. The first-order valence-corrected chi connectivity index (χ1v) is 15.5. The van der Waals surface area contributed by atoms with Gasteiger partial charge in [0.25, 0.3) is 0 Å². The molecular weight excluding hydrogens is 624 g/mol. The quantitative estimate of drug-likeness (QED) is 0.229. The molecule has 0 saturated carbocycles. The molecule has 0 unspecified atom stereocenters. The molecule has 13 nitrogen and oxygen atoms in total. The van der Waals surface area contributed by atoms with Crippen molar-refractivity contribution in [3.8, 4) is 16.9 Å². The number of hydrogen-bond donors (Lipinski definition) is 3. The number of nitrogens with zero attached hydrogens (tertiary/aromatic N) is 7. The Bertz CT molecular complexity index is 1950. The third kappa shape index (κ3) is 5.27. The van der Waals surface area contributed by atoms with Crippen LogP contribution in [0.1, 0.15) is 5.69 Å². The molecule has 6 rings (SSSR count). The SMILES string of the molecule is COc1cc2c(cc1Nc1ncc(Br)c(Nc3ccc4nccnc4c3NS(C)(=O)=O)n1)-c1cnn(C)c1CCN2C. The fourth-order valence-electron chi connectivity index (χ4n) is 4.94. The second kappa shape index (κ2) is 10.7. The summed E-state index contributed by atoms with van der Waals surface area (Å²) >= 11 is 3.50. The van der Waals surface area contributed by atoms with E-state index in [1.54, 1.807) is 31.6 Å². The highest BCUT2D eigenvalue weighted by atomic mass is 79.9. The van der Waals surface area contributed by atoms with E-state index in [4.69, 9.17) is 4.74 Å². The Morgan fingerprint density at radius 1 is 1.00 bits per heavy atom. The normalized spacial score (nSPS) is 12.8. The molecule has 0 amide bonds. The van der Waals surface area contributed by atoms with Crippen molar-refractivity contribution in [1.82, 2.24) is 29.7 Å². The van der Waals surface area contributed by atoms with Crippen LogP contribution < -0.4 is 25.0 Å². The Kier molecular flexibility index (Phi) is 7.06. The molecule has 2 aromatic carbocycles. The summed E-state index contributed by atoms with van der Waals surface area (Å²) in [4.78, 5) is 19.9. The summed E-state index contributed by atoms with van der Waals surface area (Å²) in [7, 11) is 2.01. The van der Waals surface area contributed by atoms with Gasteiger partial charge in [0.05, 0.1) is 46.6 Å². The lowest BCUT2D eigenvalue weighted by molar-refractivity contribution is 0.417. The van der Waals surface area contributed by atoms with E-state index >= 15 is 0 Å². The number of hydrogen-bond acceptors (Lipinski definition) is 11. The first kappa shape index (κ1) is 27.7. The number of anilines is 6. The van der Waals surface area contributed by atoms with E-state index < -0.39 is 10.0 Å². The molecule has 1 aliphatic heterocycles. The van der Waals surface area contributed by atoms with Crippen LogP contribution in [0, 0.1) is 0 Å². The number of benzene rings is 2. The molecule has 3 aromatic heterocycles. The second-order valence-corrected chi connectivity index (χ2v) is 12.4. The topological polar surface area (TPSA) is 152 Å². The summed E-state index contributed by atoms with van der Waals surface area (Å²) in [5, 5.41) is 11.0. The zero-order valence-corrected chi connectivity index (χ0v) is 25.6. The van der Waals surface area contributed by atoms with Crippen LogP contribution in [-0.2, 0) is 23.5 Å². The Balaban J connectivity index is 1.38. The molecule has 0 fully saturated rings. The van der Waals surface area contributed by atoms with Gasteiger partial charge in [0, 0.05) is 74.2 Å². The molecule has 216 valence electrons. The molecular formula is C27H27BrN10O3S. The summed E-state index contributed by atoms with van der Waals surface area (Å²) in [6, 6.07) is 7.47. The van der Waals surface area contributed by atoms with Gasteiger partial charge in [-0.15, -0.1) is 0 Å². The van der Waals surface area contributed by atoms with Gasteiger partial charge in [0.2, 0.25) is 16.0 Å². The van der Waals surface area contributed by atoms with E-state index in [9.17, 15) is 8.42 Å². The zero-order chi connectivity index (χ0) is 29.6. The van der Waals surface area contributed by atoms with Crippen molar-refractivity contribution in [2.75, 3.05) is 47.2 Å². The van der Waals surface area contributed by atoms with E-state index in [0.717, 1.165) is 41.7 Å². The Labute approximate surface area is 250 Å². The number of rotatable bonds is 7. The molecule has 0 spiro atoms. The lowest BCUT2D eigenvalue weighted by Gasteiger charge is -2.22. The number of fused-ring (bicyclic) bond motifs is 4. The van der Waals surface area contributed by atoms with Crippen LogP contribution >= 0.6 is 15.9 Å². The third-order valence-corrected chi connectivity index (χ3v) is 8.09. The van der Waals surface area contributed by atoms with E-state index in [1.165, 1.54) is 6.20 Å². The highest BCUT2D eigenvalue weighted by molar-refractivity contribution is 9.10. The predicted octanol–water partition coefficient (Wildman–Crippen LogP) is 4.44.